The predicted octanol–water partition coefficient (Wildman–Crippen LogP) is 2.52. The maximum absolute atomic E-state index is 10.5. The summed E-state index contributed by atoms with van der Waals surface area (Å²) in [5, 5.41) is 9.43. The van der Waals surface area contributed by atoms with Crippen molar-refractivity contribution < 1.29 is 9.90 Å². The monoisotopic (exact) mass is 235 g/mol. The first kappa shape index (κ1) is 11.2. The fourth-order valence-corrected chi connectivity index (χ4v) is 3.31. The number of hydrogen-bond acceptors (Lipinski definition) is 4. The average molecular weight is 235 g/mol. The van der Waals surface area contributed by atoms with Crippen LogP contribution in [0.4, 0.5) is 0 Å². The minimum Gasteiger partial charge on any atom is -0.508 e. The lowest BCUT2D eigenvalue weighted by Crippen LogP contribution is -2.10. The quantitative estimate of drug-likeness (QED) is 0.647. The SMILES string of the molecule is O=C=NC(c1cccc(O)c1)C1CCSC1. The first-order valence-corrected chi connectivity index (χ1v) is 6.40. The van der Waals surface area contributed by atoms with Crippen LogP contribution in [0.1, 0.15) is 18.0 Å². The molecular weight excluding hydrogens is 222 g/mol. The number of hydrogen-bond donors (Lipinski definition) is 1. The zero-order valence-corrected chi connectivity index (χ0v) is 9.61. The first-order valence-electron chi connectivity index (χ1n) is 5.25. The Hall–Kier alpha value is -1.25. The Bertz CT molecular complexity index is 409. The molecule has 0 bridgehead atoms. The van der Waals surface area contributed by atoms with E-state index in [1.54, 1.807) is 24.3 Å². The highest BCUT2D eigenvalue weighted by atomic mass is 32.2. The molecule has 0 spiro atoms. The Labute approximate surface area is 98.6 Å². The second kappa shape index (κ2) is 5.19. The second-order valence-corrected chi connectivity index (χ2v) is 5.03. The standard InChI is InChI=1S/C12H13NO2S/c14-8-13-12(10-4-5-16-7-10)9-2-1-3-11(15)6-9/h1-3,6,10,12,15H,4-5,7H2. The number of phenolic OH excluding ortho intramolecular Hbond substituents is 1. The van der Waals surface area contributed by atoms with Crippen molar-refractivity contribution in [2.24, 2.45) is 10.9 Å². The van der Waals surface area contributed by atoms with Crippen LogP contribution in [0, 0.1) is 5.92 Å². The van der Waals surface area contributed by atoms with Crippen molar-refractivity contribution in [3.8, 4) is 5.75 Å². The van der Waals surface area contributed by atoms with Crippen LogP contribution in [0.15, 0.2) is 29.3 Å². The van der Waals surface area contributed by atoms with E-state index in [0.717, 1.165) is 23.5 Å². The molecule has 4 heteroatoms. The third-order valence-electron chi connectivity index (χ3n) is 2.81. The van der Waals surface area contributed by atoms with Crippen molar-refractivity contribution in [3.63, 3.8) is 0 Å². The molecule has 0 saturated carbocycles. The highest BCUT2D eigenvalue weighted by Crippen LogP contribution is 2.37. The topological polar surface area (TPSA) is 49.7 Å². The van der Waals surface area contributed by atoms with Gasteiger partial charge in [0, 0.05) is 0 Å². The van der Waals surface area contributed by atoms with Crippen LogP contribution in [0.2, 0.25) is 0 Å². The maximum atomic E-state index is 10.5. The molecule has 16 heavy (non-hydrogen) atoms. The Morgan fingerprint density at radius 3 is 3.06 bits per heavy atom. The van der Waals surface area contributed by atoms with Crippen LogP contribution in [0.25, 0.3) is 0 Å². The van der Waals surface area contributed by atoms with Crippen LogP contribution in [0.3, 0.4) is 0 Å². The summed E-state index contributed by atoms with van der Waals surface area (Å²) in [6, 6.07) is 6.82. The summed E-state index contributed by atoms with van der Waals surface area (Å²) >= 11 is 1.88. The highest BCUT2D eigenvalue weighted by Gasteiger charge is 2.26. The van der Waals surface area contributed by atoms with Crippen LogP contribution in [0.5, 0.6) is 5.75 Å². The van der Waals surface area contributed by atoms with Crippen molar-refractivity contribution in [1.82, 2.24) is 0 Å². The van der Waals surface area contributed by atoms with Gasteiger partial charge in [0.2, 0.25) is 6.08 Å². The predicted molar refractivity (Wildman–Crippen MR) is 64.4 cm³/mol. The third-order valence-corrected chi connectivity index (χ3v) is 4.00. The number of thioether (sulfide) groups is 1. The van der Waals surface area contributed by atoms with E-state index in [1.807, 2.05) is 17.8 Å². The van der Waals surface area contributed by atoms with E-state index in [9.17, 15) is 9.90 Å². The summed E-state index contributed by atoms with van der Waals surface area (Å²) in [4.78, 5) is 14.4. The second-order valence-electron chi connectivity index (χ2n) is 3.88. The molecule has 2 unspecified atom stereocenters. The minimum atomic E-state index is -0.153. The Balaban J connectivity index is 2.27. The molecule has 1 heterocycles. The van der Waals surface area contributed by atoms with Gasteiger partial charge >= 0.3 is 0 Å². The Kier molecular flexibility index (Phi) is 3.65. The van der Waals surface area contributed by atoms with Crippen molar-refractivity contribution >= 4 is 17.8 Å². The lowest BCUT2D eigenvalue weighted by molar-refractivity contribution is 0.460. The fourth-order valence-electron chi connectivity index (χ4n) is 2.02. The van der Waals surface area contributed by atoms with Crippen molar-refractivity contribution in [2.45, 2.75) is 12.5 Å². The molecule has 0 aliphatic carbocycles. The molecule has 1 N–H and O–H groups in total. The molecule has 1 aliphatic rings. The summed E-state index contributed by atoms with van der Waals surface area (Å²) in [6.45, 7) is 0. The first-order chi connectivity index (χ1) is 7.81. The van der Waals surface area contributed by atoms with E-state index in [-0.39, 0.29) is 11.8 Å². The molecule has 84 valence electrons. The molecule has 1 saturated heterocycles. The molecule has 1 aromatic carbocycles. The lowest BCUT2D eigenvalue weighted by Gasteiger charge is -2.17. The van der Waals surface area contributed by atoms with Gasteiger partial charge in [-0.1, -0.05) is 12.1 Å². The molecule has 0 radical (unpaired) electrons. The smallest absolute Gasteiger partial charge is 0.235 e. The summed E-state index contributed by atoms with van der Waals surface area (Å²) in [6.07, 6.45) is 2.71. The number of rotatable bonds is 3. The molecule has 0 amide bonds. The van der Waals surface area contributed by atoms with Crippen LogP contribution in [-0.4, -0.2) is 22.7 Å². The molecule has 1 aliphatic heterocycles. The van der Waals surface area contributed by atoms with Gasteiger partial charge < -0.3 is 5.11 Å². The average Bonchev–Trinajstić information content (AvgIpc) is 2.79. The zero-order chi connectivity index (χ0) is 11.4. The molecule has 0 aromatic heterocycles. The number of isocyanates is 1. The number of aliphatic imine (C=N–C) groups is 1. The number of aromatic hydroxyl groups is 1. The Morgan fingerprint density at radius 1 is 1.56 bits per heavy atom. The normalized spacial score (nSPS) is 21.4. The van der Waals surface area contributed by atoms with E-state index in [2.05, 4.69) is 4.99 Å². The van der Waals surface area contributed by atoms with E-state index in [1.165, 1.54) is 0 Å². The maximum Gasteiger partial charge on any atom is 0.235 e. The molecule has 1 fully saturated rings. The molecular formula is C12H13NO2S. The van der Waals surface area contributed by atoms with E-state index in [4.69, 9.17) is 0 Å². The molecule has 1 aromatic rings. The van der Waals surface area contributed by atoms with Crippen LogP contribution in [-0.2, 0) is 4.79 Å². The van der Waals surface area contributed by atoms with Gasteiger partial charge in [-0.05, 0) is 41.5 Å². The largest absolute Gasteiger partial charge is 0.508 e. The molecule has 2 atom stereocenters. The van der Waals surface area contributed by atoms with Gasteiger partial charge in [-0.15, -0.1) is 0 Å². The van der Waals surface area contributed by atoms with E-state index in [0.29, 0.717) is 5.92 Å². The Morgan fingerprint density at radius 2 is 2.44 bits per heavy atom. The van der Waals surface area contributed by atoms with Crippen molar-refractivity contribution in [3.05, 3.63) is 29.8 Å². The van der Waals surface area contributed by atoms with Gasteiger partial charge in [0.25, 0.3) is 0 Å². The number of carbonyl (C=O) groups excluding carboxylic acids is 1. The van der Waals surface area contributed by atoms with Crippen molar-refractivity contribution in [1.29, 1.82) is 0 Å². The zero-order valence-electron chi connectivity index (χ0n) is 8.80. The van der Waals surface area contributed by atoms with Crippen LogP contribution >= 0.6 is 11.8 Å². The van der Waals surface area contributed by atoms with E-state index < -0.39 is 0 Å². The summed E-state index contributed by atoms with van der Waals surface area (Å²) in [5.41, 5.74) is 0.899. The molecule has 2 rings (SSSR count). The number of benzene rings is 1. The summed E-state index contributed by atoms with van der Waals surface area (Å²) < 4.78 is 0. The summed E-state index contributed by atoms with van der Waals surface area (Å²) in [7, 11) is 0. The van der Waals surface area contributed by atoms with Gasteiger partial charge in [0.15, 0.2) is 0 Å². The fraction of sp³-hybridized carbons (Fsp3) is 0.417. The highest BCUT2D eigenvalue weighted by molar-refractivity contribution is 7.99. The van der Waals surface area contributed by atoms with Gasteiger partial charge in [-0.3, -0.25) is 0 Å². The van der Waals surface area contributed by atoms with Gasteiger partial charge in [-0.2, -0.15) is 16.8 Å². The third kappa shape index (κ3) is 2.46. The number of nitrogens with zero attached hydrogens (tertiary/aromatic N) is 1. The van der Waals surface area contributed by atoms with E-state index >= 15 is 0 Å². The minimum absolute atomic E-state index is 0.153. The lowest BCUT2D eigenvalue weighted by atomic mass is 9.93. The number of phenols is 1. The van der Waals surface area contributed by atoms with Crippen molar-refractivity contribution in [2.75, 3.05) is 11.5 Å². The van der Waals surface area contributed by atoms with Gasteiger partial charge in [0.1, 0.15) is 5.75 Å². The van der Waals surface area contributed by atoms with Crippen LogP contribution < -0.4 is 0 Å². The van der Waals surface area contributed by atoms with Gasteiger partial charge in [-0.25, -0.2) is 4.79 Å². The van der Waals surface area contributed by atoms with Gasteiger partial charge in [0.05, 0.1) is 6.04 Å². The summed E-state index contributed by atoms with van der Waals surface area (Å²) in [5.74, 6) is 2.74. The molecule has 3 nitrogen and oxygen atoms in total.